The van der Waals surface area contributed by atoms with Crippen molar-refractivity contribution in [1.29, 1.82) is 0 Å². The first-order valence-electron chi connectivity index (χ1n) is 8.39. The molecule has 3 heteroatoms. The summed E-state index contributed by atoms with van der Waals surface area (Å²) in [6, 6.07) is 19.5. The lowest BCUT2D eigenvalue weighted by atomic mass is 9.80. The Morgan fingerprint density at radius 3 is 2.17 bits per heavy atom. The van der Waals surface area contributed by atoms with Crippen LogP contribution in [0.1, 0.15) is 18.4 Å². The number of anilines is 1. The van der Waals surface area contributed by atoms with Crippen LogP contribution in [0.4, 0.5) is 5.69 Å². The molecule has 3 nitrogen and oxygen atoms in total. The standard InChI is InChI=1S/C21H19NO2/c23-20-18-12-11-16(13-15-7-3-1-4-8-15)14-19(18)21(24)22(20)17-9-5-2-6-10-17/h1-11,18-19H,12-14H2. The highest BCUT2D eigenvalue weighted by Crippen LogP contribution is 2.40. The van der Waals surface area contributed by atoms with Gasteiger partial charge in [-0.2, -0.15) is 0 Å². The molecule has 2 aromatic rings. The van der Waals surface area contributed by atoms with E-state index in [1.54, 1.807) is 0 Å². The lowest BCUT2D eigenvalue weighted by Crippen LogP contribution is -2.30. The van der Waals surface area contributed by atoms with Crippen LogP contribution in [0.25, 0.3) is 0 Å². The van der Waals surface area contributed by atoms with E-state index in [0.29, 0.717) is 18.5 Å². The normalized spacial score (nSPS) is 23.2. The predicted molar refractivity (Wildman–Crippen MR) is 93.4 cm³/mol. The number of carbonyl (C=O) groups excluding carboxylic acids is 2. The molecule has 1 aliphatic heterocycles. The zero-order valence-corrected chi connectivity index (χ0v) is 13.4. The minimum absolute atomic E-state index is 0.0464. The molecule has 0 radical (unpaired) electrons. The Kier molecular flexibility index (Phi) is 3.77. The molecule has 24 heavy (non-hydrogen) atoms. The van der Waals surface area contributed by atoms with Crippen LogP contribution in [0, 0.1) is 11.8 Å². The Bertz CT molecular complexity index is 795. The molecule has 0 bridgehead atoms. The molecule has 4 rings (SSSR count). The van der Waals surface area contributed by atoms with Gasteiger partial charge in [0.25, 0.3) is 0 Å². The fourth-order valence-corrected chi connectivity index (χ4v) is 3.77. The average Bonchev–Trinajstić information content (AvgIpc) is 2.87. The van der Waals surface area contributed by atoms with Gasteiger partial charge in [0.15, 0.2) is 0 Å². The second kappa shape index (κ2) is 6.08. The van der Waals surface area contributed by atoms with Crippen molar-refractivity contribution in [1.82, 2.24) is 0 Å². The van der Waals surface area contributed by atoms with Gasteiger partial charge in [0, 0.05) is 0 Å². The molecule has 120 valence electrons. The monoisotopic (exact) mass is 317 g/mol. The number of para-hydroxylation sites is 1. The van der Waals surface area contributed by atoms with Crippen LogP contribution in [-0.2, 0) is 16.0 Å². The van der Waals surface area contributed by atoms with Gasteiger partial charge in [0.2, 0.25) is 11.8 Å². The van der Waals surface area contributed by atoms with Crippen molar-refractivity contribution < 1.29 is 9.59 Å². The maximum Gasteiger partial charge on any atom is 0.238 e. The molecule has 2 aliphatic rings. The number of nitrogens with zero attached hydrogens (tertiary/aromatic N) is 1. The second-order valence-electron chi connectivity index (χ2n) is 6.52. The van der Waals surface area contributed by atoms with Gasteiger partial charge in [-0.3, -0.25) is 14.5 Å². The van der Waals surface area contributed by atoms with Gasteiger partial charge < -0.3 is 0 Å². The van der Waals surface area contributed by atoms with Gasteiger partial charge >= 0.3 is 0 Å². The van der Waals surface area contributed by atoms with Crippen molar-refractivity contribution in [3.8, 4) is 0 Å². The summed E-state index contributed by atoms with van der Waals surface area (Å²) in [6.07, 6.45) is 4.37. The molecule has 2 amide bonds. The molecule has 0 spiro atoms. The first-order valence-corrected chi connectivity index (χ1v) is 8.39. The number of fused-ring (bicyclic) bond motifs is 1. The number of imide groups is 1. The number of hydrogen-bond acceptors (Lipinski definition) is 2. The Hall–Kier alpha value is -2.68. The summed E-state index contributed by atoms with van der Waals surface area (Å²) in [5, 5.41) is 0. The number of benzene rings is 2. The van der Waals surface area contributed by atoms with Crippen molar-refractivity contribution >= 4 is 17.5 Å². The van der Waals surface area contributed by atoms with Gasteiger partial charge in [-0.25, -0.2) is 0 Å². The van der Waals surface area contributed by atoms with Crippen molar-refractivity contribution in [3.05, 3.63) is 77.9 Å². The number of rotatable bonds is 3. The highest BCUT2D eigenvalue weighted by molar-refractivity contribution is 6.22. The zero-order valence-electron chi connectivity index (χ0n) is 13.4. The highest BCUT2D eigenvalue weighted by Gasteiger charge is 2.48. The molecular weight excluding hydrogens is 298 g/mol. The molecule has 1 aliphatic carbocycles. The van der Waals surface area contributed by atoms with E-state index in [4.69, 9.17) is 0 Å². The first-order chi connectivity index (χ1) is 11.7. The zero-order chi connectivity index (χ0) is 16.5. The quantitative estimate of drug-likeness (QED) is 0.638. The van der Waals surface area contributed by atoms with Crippen LogP contribution < -0.4 is 4.90 Å². The van der Waals surface area contributed by atoms with Crippen LogP contribution in [0.15, 0.2) is 72.3 Å². The van der Waals surface area contributed by atoms with Gasteiger partial charge in [-0.15, -0.1) is 0 Å². The number of carbonyl (C=O) groups is 2. The summed E-state index contributed by atoms with van der Waals surface area (Å²) in [5.41, 5.74) is 3.20. The molecule has 0 aromatic heterocycles. The molecule has 2 atom stereocenters. The predicted octanol–water partition coefficient (Wildman–Crippen LogP) is 3.76. The Morgan fingerprint density at radius 2 is 1.46 bits per heavy atom. The molecule has 2 unspecified atom stereocenters. The Labute approximate surface area is 141 Å². The van der Waals surface area contributed by atoms with Crippen molar-refractivity contribution in [3.63, 3.8) is 0 Å². The lowest BCUT2D eigenvalue weighted by molar-refractivity contribution is -0.122. The summed E-state index contributed by atoms with van der Waals surface area (Å²) in [6.45, 7) is 0. The van der Waals surface area contributed by atoms with Gasteiger partial charge in [-0.05, 0) is 37.0 Å². The van der Waals surface area contributed by atoms with E-state index in [-0.39, 0.29) is 23.7 Å². The van der Waals surface area contributed by atoms with Crippen molar-refractivity contribution in [2.24, 2.45) is 11.8 Å². The lowest BCUT2D eigenvalue weighted by Gasteiger charge is -2.21. The summed E-state index contributed by atoms with van der Waals surface area (Å²) in [7, 11) is 0. The van der Waals surface area contributed by atoms with Crippen LogP contribution in [0.2, 0.25) is 0 Å². The van der Waals surface area contributed by atoms with E-state index in [1.165, 1.54) is 16.0 Å². The number of hydrogen-bond donors (Lipinski definition) is 0. The minimum Gasteiger partial charge on any atom is -0.274 e. The Morgan fingerprint density at radius 1 is 0.833 bits per heavy atom. The third-order valence-electron chi connectivity index (χ3n) is 4.99. The fraction of sp³-hybridized carbons (Fsp3) is 0.238. The largest absolute Gasteiger partial charge is 0.274 e. The SMILES string of the molecule is O=C1C2CC=C(Cc3ccccc3)CC2C(=O)N1c1ccccc1. The third kappa shape index (κ3) is 2.56. The second-order valence-corrected chi connectivity index (χ2v) is 6.52. The van der Waals surface area contributed by atoms with Gasteiger partial charge in [0.1, 0.15) is 0 Å². The van der Waals surface area contributed by atoms with E-state index in [0.717, 1.165) is 6.42 Å². The molecule has 2 aromatic carbocycles. The van der Waals surface area contributed by atoms with Gasteiger partial charge in [-0.1, -0.05) is 60.2 Å². The summed E-state index contributed by atoms with van der Waals surface area (Å²) < 4.78 is 0. The maximum absolute atomic E-state index is 12.8. The molecule has 0 N–H and O–H groups in total. The average molecular weight is 317 g/mol. The maximum atomic E-state index is 12.8. The summed E-state index contributed by atoms with van der Waals surface area (Å²) in [5.74, 6) is -0.500. The first kappa shape index (κ1) is 14.9. The number of allylic oxidation sites excluding steroid dienone is 2. The van der Waals surface area contributed by atoms with E-state index < -0.39 is 0 Å². The molecular formula is C21H19NO2. The molecule has 0 saturated carbocycles. The molecule has 1 saturated heterocycles. The smallest absolute Gasteiger partial charge is 0.238 e. The van der Waals surface area contributed by atoms with Gasteiger partial charge in [0.05, 0.1) is 17.5 Å². The van der Waals surface area contributed by atoms with Crippen LogP contribution in [-0.4, -0.2) is 11.8 Å². The van der Waals surface area contributed by atoms with Crippen LogP contribution >= 0.6 is 0 Å². The van der Waals surface area contributed by atoms with E-state index in [2.05, 4.69) is 18.2 Å². The van der Waals surface area contributed by atoms with E-state index >= 15 is 0 Å². The number of amides is 2. The van der Waals surface area contributed by atoms with Crippen molar-refractivity contribution in [2.45, 2.75) is 19.3 Å². The molecule has 1 fully saturated rings. The van der Waals surface area contributed by atoms with E-state index in [1.807, 2.05) is 48.5 Å². The summed E-state index contributed by atoms with van der Waals surface area (Å²) in [4.78, 5) is 26.9. The summed E-state index contributed by atoms with van der Waals surface area (Å²) >= 11 is 0. The highest BCUT2D eigenvalue weighted by atomic mass is 16.2. The topological polar surface area (TPSA) is 37.4 Å². The van der Waals surface area contributed by atoms with Crippen molar-refractivity contribution in [2.75, 3.05) is 4.90 Å². The third-order valence-corrected chi connectivity index (χ3v) is 4.99. The van der Waals surface area contributed by atoms with Crippen LogP contribution in [0.3, 0.4) is 0 Å². The Balaban J connectivity index is 1.55. The van der Waals surface area contributed by atoms with E-state index in [9.17, 15) is 9.59 Å². The minimum atomic E-state index is -0.207. The van der Waals surface area contributed by atoms with Crippen LogP contribution in [0.5, 0.6) is 0 Å². The molecule has 1 heterocycles. The fourth-order valence-electron chi connectivity index (χ4n) is 3.77.